The second-order valence-electron chi connectivity index (χ2n) is 5.22. The molecule has 1 fully saturated rings. The van der Waals surface area contributed by atoms with Crippen molar-refractivity contribution in [2.75, 3.05) is 26.3 Å². The van der Waals surface area contributed by atoms with E-state index in [-0.39, 0.29) is 18.5 Å². The van der Waals surface area contributed by atoms with Gasteiger partial charge in [-0.3, -0.25) is 4.90 Å². The maximum Gasteiger partial charge on any atom is 0.128 e. The Bertz CT molecular complexity index is 521. The van der Waals surface area contributed by atoms with Crippen LogP contribution < -0.4 is 0 Å². The Balaban J connectivity index is 1.99. The molecule has 1 unspecified atom stereocenters. The fourth-order valence-corrected chi connectivity index (χ4v) is 2.39. The Morgan fingerprint density at radius 2 is 2.33 bits per heavy atom. The summed E-state index contributed by atoms with van der Waals surface area (Å²) in [5.74, 6) is 5.43. The summed E-state index contributed by atoms with van der Waals surface area (Å²) in [4.78, 5) is 2.23. The Kier molecular flexibility index (Phi) is 6.19. The Hall–Kier alpha value is -1.41. The molecule has 0 bridgehead atoms. The SMILES string of the molecule is CCC1CN(Cc2ccc(C#CCCO)cc2F)CCO1. The van der Waals surface area contributed by atoms with Crippen molar-refractivity contribution in [1.29, 1.82) is 0 Å². The molecule has 1 saturated heterocycles. The molecule has 4 heteroatoms. The third-order valence-electron chi connectivity index (χ3n) is 3.59. The molecular weight excluding hydrogens is 269 g/mol. The summed E-state index contributed by atoms with van der Waals surface area (Å²) in [7, 11) is 0. The molecular formula is C17H22FNO2. The first-order valence-corrected chi connectivity index (χ1v) is 7.45. The number of morpholine rings is 1. The summed E-state index contributed by atoms with van der Waals surface area (Å²) < 4.78 is 19.7. The second-order valence-corrected chi connectivity index (χ2v) is 5.22. The van der Waals surface area contributed by atoms with Gasteiger partial charge in [0.15, 0.2) is 0 Å². The molecule has 21 heavy (non-hydrogen) atoms. The first-order chi connectivity index (χ1) is 10.2. The molecule has 1 atom stereocenters. The molecule has 1 aromatic carbocycles. The van der Waals surface area contributed by atoms with Crippen LogP contribution in [0, 0.1) is 17.7 Å². The average Bonchev–Trinajstić information content (AvgIpc) is 2.50. The number of benzene rings is 1. The zero-order chi connectivity index (χ0) is 15.1. The first-order valence-electron chi connectivity index (χ1n) is 7.45. The van der Waals surface area contributed by atoms with Gasteiger partial charge in [0.05, 0.1) is 19.3 Å². The summed E-state index contributed by atoms with van der Waals surface area (Å²) in [6.45, 7) is 5.15. The summed E-state index contributed by atoms with van der Waals surface area (Å²) in [6, 6.07) is 5.10. The molecule has 0 radical (unpaired) electrons. The topological polar surface area (TPSA) is 32.7 Å². The molecule has 1 aliphatic rings. The number of ether oxygens (including phenoxy) is 1. The third-order valence-corrected chi connectivity index (χ3v) is 3.59. The van der Waals surface area contributed by atoms with Crippen molar-refractivity contribution >= 4 is 0 Å². The van der Waals surface area contributed by atoms with Gasteiger partial charge in [-0.2, -0.15) is 0 Å². The van der Waals surface area contributed by atoms with Gasteiger partial charge in [0.2, 0.25) is 0 Å². The number of halogens is 1. The molecule has 0 amide bonds. The largest absolute Gasteiger partial charge is 0.395 e. The van der Waals surface area contributed by atoms with Crippen molar-refractivity contribution in [3.8, 4) is 11.8 Å². The maximum absolute atomic E-state index is 14.1. The van der Waals surface area contributed by atoms with Crippen molar-refractivity contribution < 1.29 is 14.2 Å². The highest BCUT2D eigenvalue weighted by atomic mass is 19.1. The van der Waals surface area contributed by atoms with Gasteiger partial charge in [-0.15, -0.1) is 0 Å². The van der Waals surface area contributed by atoms with E-state index in [9.17, 15) is 4.39 Å². The monoisotopic (exact) mass is 291 g/mol. The standard InChI is InChI=1S/C17H22FNO2/c1-2-16-13-19(8-10-21-16)12-15-7-6-14(11-17(15)18)5-3-4-9-20/h6-7,11,16,20H,2,4,8-10,12-13H2,1H3. The predicted octanol–water partition coefficient (Wildman–Crippen LogP) is 2.17. The van der Waals surface area contributed by atoms with Crippen molar-refractivity contribution in [3.05, 3.63) is 35.1 Å². The zero-order valence-electron chi connectivity index (χ0n) is 12.4. The quantitative estimate of drug-likeness (QED) is 0.863. The van der Waals surface area contributed by atoms with E-state index in [0.717, 1.165) is 19.5 Å². The first kappa shape index (κ1) is 16.0. The van der Waals surface area contributed by atoms with Gasteiger partial charge in [-0.1, -0.05) is 24.8 Å². The fraction of sp³-hybridized carbons (Fsp3) is 0.529. The van der Waals surface area contributed by atoms with Gasteiger partial charge in [0.25, 0.3) is 0 Å². The molecule has 1 heterocycles. The van der Waals surface area contributed by atoms with Crippen molar-refractivity contribution in [3.63, 3.8) is 0 Å². The molecule has 1 aromatic rings. The van der Waals surface area contributed by atoms with E-state index in [1.165, 1.54) is 6.07 Å². The minimum atomic E-state index is -0.217. The second kappa shape index (κ2) is 8.14. The lowest BCUT2D eigenvalue weighted by Crippen LogP contribution is -2.41. The lowest BCUT2D eigenvalue weighted by molar-refractivity contribution is -0.0327. The third kappa shape index (κ3) is 4.82. The van der Waals surface area contributed by atoms with Crippen LogP contribution in [0.15, 0.2) is 18.2 Å². The Labute approximate surface area is 125 Å². The number of nitrogens with zero attached hydrogens (tertiary/aromatic N) is 1. The smallest absolute Gasteiger partial charge is 0.128 e. The summed E-state index contributed by atoms with van der Waals surface area (Å²) in [5.41, 5.74) is 1.34. The van der Waals surface area contributed by atoms with Crippen molar-refractivity contribution in [2.45, 2.75) is 32.4 Å². The fourth-order valence-electron chi connectivity index (χ4n) is 2.39. The zero-order valence-corrected chi connectivity index (χ0v) is 12.4. The molecule has 0 aromatic heterocycles. The van der Waals surface area contributed by atoms with Crippen LogP contribution in [0.2, 0.25) is 0 Å². The van der Waals surface area contributed by atoms with Crippen molar-refractivity contribution in [1.82, 2.24) is 4.90 Å². The van der Waals surface area contributed by atoms with Gasteiger partial charge >= 0.3 is 0 Å². The number of rotatable bonds is 4. The van der Waals surface area contributed by atoms with E-state index in [4.69, 9.17) is 9.84 Å². The Morgan fingerprint density at radius 1 is 1.48 bits per heavy atom. The van der Waals surface area contributed by atoms with Crippen LogP contribution in [0.5, 0.6) is 0 Å². The predicted molar refractivity (Wildman–Crippen MR) is 80.3 cm³/mol. The average molecular weight is 291 g/mol. The highest BCUT2D eigenvalue weighted by Crippen LogP contribution is 2.16. The highest BCUT2D eigenvalue weighted by Gasteiger charge is 2.19. The summed E-state index contributed by atoms with van der Waals surface area (Å²) >= 11 is 0. The minimum Gasteiger partial charge on any atom is -0.395 e. The van der Waals surface area contributed by atoms with E-state index < -0.39 is 0 Å². The van der Waals surface area contributed by atoms with E-state index >= 15 is 0 Å². The number of hydrogen-bond donors (Lipinski definition) is 1. The molecule has 2 rings (SSSR count). The minimum absolute atomic E-state index is 0.0309. The van der Waals surface area contributed by atoms with Crippen LogP contribution in [0.25, 0.3) is 0 Å². The normalized spacial score (nSPS) is 19.1. The van der Waals surface area contributed by atoms with Crippen LogP contribution in [-0.2, 0) is 11.3 Å². The number of aliphatic hydroxyl groups is 1. The van der Waals surface area contributed by atoms with E-state index in [1.54, 1.807) is 6.07 Å². The van der Waals surface area contributed by atoms with E-state index in [2.05, 4.69) is 23.7 Å². The molecule has 1 aliphatic heterocycles. The molecule has 0 saturated carbocycles. The van der Waals surface area contributed by atoms with Crippen LogP contribution in [0.3, 0.4) is 0 Å². The highest BCUT2D eigenvalue weighted by molar-refractivity contribution is 5.37. The van der Waals surface area contributed by atoms with Gasteiger partial charge in [-0.05, 0) is 18.6 Å². The van der Waals surface area contributed by atoms with Gasteiger partial charge in [0, 0.05) is 37.2 Å². The molecule has 0 spiro atoms. The molecule has 0 aliphatic carbocycles. The lowest BCUT2D eigenvalue weighted by atomic mass is 10.1. The van der Waals surface area contributed by atoms with Gasteiger partial charge in [-0.25, -0.2) is 4.39 Å². The summed E-state index contributed by atoms with van der Waals surface area (Å²) in [5, 5.41) is 8.67. The van der Waals surface area contributed by atoms with Crippen LogP contribution in [0.4, 0.5) is 4.39 Å². The number of hydrogen-bond acceptors (Lipinski definition) is 3. The molecule has 1 N–H and O–H groups in total. The molecule has 3 nitrogen and oxygen atoms in total. The lowest BCUT2D eigenvalue weighted by Gasteiger charge is -2.32. The number of aliphatic hydroxyl groups excluding tert-OH is 1. The Morgan fingerprint density at radius 3 is 3.05 bits per heavy atom. The molecule has 114 valence electrons. The van der Waals surface area contributed by atoms with Crippen LogP contribution >= 0.6 is 0 Å². The van der Waals surface area contributed by atoms with Gasteiger partial charge < -0.3 is 9.84 Å². The maximum atomic E-state index is 14.1. The van der Waals surface area contributed by atoms with Crippen LogP contribution in [-0.4, -0.2) is 42.4 Å². The van der Waals surface area contributed by atoms with E-state index in [0.29, 0.717) is 30.7 Å². The summed E-state index contributed by atoms with van der Waals surface area (Å²) in [6.07, 6.45) is 1.65. The van der Waals surface area contributed by atoms with Crippen molar-refractivity contribution in [2.24, 2.45) is 0 Å². The van der Waals surface area contributed by atoms with E-state index in [1.807, 2.05) is 6.07 Å². The van der Waals surface area contributed by atoms with Crippen LogP contribution in [0.1, 0.15) is 30.9 Å². The van der Waals surface area contributed by atoms with Gasteiger partial charge in [0.1, 0.15) is 5.82 Å².